The molecule has 0 fully saturated rings. The number of benzene rings is 1. The number of rotatable bonds is 6. The first-order valence-electron chi connectivity index (χ1n) is 7.51. The molecule has 130 valence electrons. The molecule has 0 unspecified atom stereocenters. The highest BCUT2D eigenvalue weighted by molar-refractivity contribution is 9.10. The zero-order chi connectivity index (χ0) is 17.7. The number of carbonyl (C=O) groups excluding carboxylic acids is 2. The molecule has 1 heterocycles. The summed E-state index contributed by atoms with van der Waals surface area (Å²) in [5, 5.41) is 5.75. The Hall–Kier alpha value is -1.73. The summed E-state index contributed by atoms with van der Waals surface area (Å²) >= 11 is 9.44. The Labute approximate surface area is 153 Å². The summed E-state index contributed by atoms with van der Waals surface area (Å²) in [4.78, 5) is 24.0. The Balaban J connectivity index is 2.26. The second kappa shape index (κ2) is 8.39. The van der Waals surface area contributed by atoms with Crippen LogP contribution in [0.25, 0.3) is 0 Å². The van der Waals surface area contributed by atoms with E-state index in [1.807, 2.05) is 6.92 Å². The Bertz CT molecular complexity index is 678. The third kappa shape index (κ3) is 4.42. The number of urea groups is 1. The fraction of sp³-hybridized carbons (Fsp3) is 0.375. The standard InChI is InChI=1S/C16H18BrClN2O4/c1-3-11-14(15(21)23-4-2)12(20-16(22)19-11)8-24-13-6-5-9(17)7-10(13)18/h5-7,11H,3-4,8H2,1-2H3,(H2,19,20,22)/t11-/m1/s1. The van der Waals surface area contributed by atoms with Crippen molar-refractivity contribution in [2.75, 3.05) is 13.2 Å². The van der Waals surface area contributed by atoms with E-state index in [9.17, 15) is 9.59 Å². The highest BCUT2D eigenvalue weighted by atomic mass is 79.9. The Kier molecular flexibility index (Phi) is 6.51. The molecular weight excluding hydrogens is 400 g/mol. The summed E-state index contributed by atoms with van der Waals surface area (Å²) in [6.07, 6.45) is 0.560. The maximum Gasteiger partial charge on any atom is 0.338 e. The van der Waals surface area contributed by atoms with Crippen molar-refractivity contribution in [3.05, 3.63) is 39.0 Å². The molecule has 1 aliphatic rings. The summed E-state index contributed by atoms with van der Waals surface area (Å²) in [6, 6.07) is 4.40. The molecule has 0 spiro atoms. The molecule has 24 heavy (non-hydrogen) atoms. The zero-order valence-electron chi connectivity index (χ0n) is 13.3. The molecule has 6 nitrogen and oxygen atoms in total. The van der Waals surface area contributed by atoms with Crippen LogP contribution in [0.15, 0.2) is 33.9 Å². The van der Waals surface area contributed by atoms with E-state index in [-0.39, 0.29) is 19.2 Å². The minimum atomic E-state index is -0.475. The maximum absolute atomic E-state index is 12.2. The van der Waals surface area contributed by atoms with E-state index in [1.54, 1.807) is 25.1 Å². The second-order valence-corrected chi connectivity index (χ2v) is 6.36. The van der Waals surface area contributed by atoms with Gasteiger partial charge in [-0.15, -0.1) is 0 Å². The monoisotopic (exact) mass is 416 g/mol. The summed E-state index contributed by atoms with van der Waals surface area (Å²) < 4.78 is 11.6. The summed E-state index contributed by atoms with van der Waals surface area (Å²) in [5.74, 6) is -0.0197. The predicted molar refractivity (Wildman–Crippen MR) is 94.1 cm³/mol. The molecular formula is C16H18BrClN2O4. The van der Waals surface area contributed by atoms with Crippen LogP contribution >= 0.6 is 27.5 Å². The van der Waals surface area contributed by atoms with Gasteiger partial charge in [0.15, 0.2) is 0 Å². The number of hydrogen-bond acceptors (Lipinski definition) is 4. The largest absolute Gasteiger partial charge is 0.486 e. The molecule has 2 amide bonds. The fourth-order valence-corrected chi connectivity index (χ4v) is 3.05. The normalized spacial score (nSPS) is 17.2. The molecule has 0 radical (unpaired) electrons. The summed E-state index contributed by atoms with van der Waals surface area (Å²) in [5.41, 5.74) is 0.746. The van der Waals surface area contributed by atoms with E-state index in [0.717, 1.165) is 4.47 Å². The SMILES string of the molecule is CCOC(=O)C1=C(COc2ccc(Br)cc2Cl)NC(=O)N[C@@H]1CC. The maximum atomic E-state index is 12.2. The van der Waals surface area contributed by atoms with Crippen molar-refractivity contribution in [2.45, 2.75) is 26.3 Å². The van der Waals surface area contributed by atoms with Gasteiger partial charge in [-0.3, -0.25) is 0 Å². The lowest BCUT2D eigenvalue weighted by Gasteiger charge is -2.28. The number of amides is 2. The molecule has 2 rings (SSSR count). The van der Waals surface area contributed by atoms with Gasteiger partial charge >= 0.3 is 12.0 Å². The first-order chi connectivity index (χ1) is 11.5. The molecule has 0 saturated heterocycles. The minimum Gasteiger partial charge on any atom is -0.486 e. The Morgan fingerprint density at radius 3 is 2.75 bits per heavy atom. The minimum absolute atomic E-state index is 0.000575. The predicted octanol–water partition coefficient (Wildman–Crippen LogP) is 3.39. The molecule has 1 aromatic rings. The van der Waals surface area contributed by atoms with Crippen LogP contribution in [0, 0.1) is 0 Å². The lowest BCUT2D eigenvalue weighted by Crippen LogP contribution is -2.51. The van der Waals surface area contributed by atoms with Crippen molar-refractivity contribution < 1.29 is 19.1 Å². The molecule has 0 bridgehead atoms. The lowest BCUT2D eigenvalue weighted by atomic mass is 10.0. The Morgan fingerprint density at radius 2 is 2.12 bits per heavy atom. The Morgan fingerprint density at radius 1 is 1.38 bits per heavy atom. The van der Waals surface area contributed by atoms with Gasteiger partial charge in [-0.1, -0.05) is 34.5 Å². The smallest absolute Gasteiger partial charge is 0.338 e. The van der Waals surface area contributed by atoms with Crippen molar-refractivity contribution in [3.63, 3.8) is 0 Å². The lowest BCUT2D eigenvalue weighted by molar-refractivity contribution is -0.139. The highest BCUT2D eigenvalue weighted by Gasteiger charge is 2.31. The van der Waals surface area contributed by atoms with E-state index >= 15 is 0 Å². The molecule has 0 saturated carbocycles. The van der Waals surface area contributed by atoms with Crippen LogP contribution < -0.4 is 15.4 Å². The molecule has 2 N–H and O–H groups in total. The number of esters is 1. The van der Waals surface area contributed by atoms with Crippen molar-refractivity contribution >= 4 is 39.5 Å². The van der Waals surface area contributed by atoms with Gasteiger partial charge < -0.3 is 20.1 Å². The second-order valence-electron chi connectivity index (χ2n) is 5.04. The van der Waals surface area contributed by atoms with E-state index in [1.165, 1.54) is 0 Å². The van der Waals surface area contributed by atoms with Crippen LogP contribution in [0.2, 0.25) is 5.02 Å². The van der Waals surface area contributed by atoms with Gasteiger partial charge in [-0.25, -0.2) is 9.59 Å². The van der Waals surface area contributed by atoms with Gasteiger partial charge in [0, 0.05) is 4.47 Å². The first-order valence-corrected chi connectivity index (χ1v) is 8.68. The van der Waals surface area contributed by atoms with Crippen molar-refractivity contribution in [3.8, 4) is 5.75 Å². The third-order valence-corrected chi connectivity index (χ3v) is 4.20. The topological polar surface area (TPSA) is 76.7 Å². The van der Waals surface area contributed by atoms with Crippen molar-refractivity contribution in [1.29, 1.82) is 0 Å². The van der Waals surface area contributed by atoms with E-state index < -0.39 is 12.0 Å². The van der Waals surface area contributed by atoms with Crippen LogP contribution in [0.3, 0.4) is 0 Å². The van der Waals surface area contributed by atoms with Crippen molar-refractivity contribution in [1.82, 2.24) is 10.6 Å². The van der Waals surface area contributed by atoms with Gasteiger partial charge in [0.2, 0.25) is 0 Å². The zero-order valence-corrected chi connectivity index (χ0v) is 15.7. The molecule has 0 aromatic heterocycles. The average Bonchev–Trinajstić information content (AvgIpc) is 2.53. The van der Waals surface area contributed by atoms with E-state index in [0.29, 0.717) is 28.5 Å². The van der Waals surface area contributed by atoms with Gasteiger partial charge in [0.05, 0.1) is 28.9 Å². The molecule has 8 heteroatoms. The van der Waals surface area contributed by atoms with Gasteiger partial charge in [0.1, 0.15) is 12.4 Å². The van der Waals surface area contributed by atoms with Gasteiger partial charge in [0.25, 0.3) is 0 Å². The number of halogens is 2. The number of hydrogen-bond donors (Lipinski definition) is 2. The van der Waals surface area contributed by atoms with Crippen LogP contribution in [0.5, 0.6) is 5.75 Å². The van der Waals surface area contributed by atoms with E-state index in [4.69, 9.17) is 21.1 Å². The number of nitrogens with one attached hydrogen (secondary N) is 2. The first kappa shape index (κ1) is 18.6. The van der Waals surface area contributed by atoms with Gasteiger partial charge in [-0.05, 0) is 31.5 Å². The molecule has 1 aliphatic heterocycles. The van der Waals surface area contributed by atoms with Crippen LogP contribution in [-0.4, -0.2) is 31.3 Å². The fourth-order valence-electron chi connectivity index (χ4n) is 2.32. The number of carbonyl (C=O) groups is 2. The van der Waals surface area contributed by atoms with Crippen LogP contribution in [0.1, 0.15) is 20.3 Å². The average molecular weight is 418 g/mol. The highest BCUT2D eigenvalue weighted by Crippen LogP contribution is 2.28. The third-order valence-electron chi connectivity index (χ3n) is 3.41. The number of ether oxygens (including phenoxy) is 2. The molecule has 1 atom stereocenters. The van der Waals surface area contributed by atoms with Crippen LogP contribution in [0.4, 0.5) is 4.79 Å². The van der Waals surface area contributed by atoms with Crippen molar-refractivity contribution in [2.24, 2.45) is 0 Å². The quantitative estimate of drug-likeness (QED) is 0.696. The van der Waals surface area contributed by atoms with Gasteiger partial charge in [-0.2, -0.15) is 0 Å². The van der Waals surface area contributed by atoms with E-state index in [2.05, 4.69) is 26.6 Å². The van der Waals surface area contributed by atoms with Crippen LogP contribution in [-0.2, 0) is 9.53 Å². The molecule has 1 aromatic carbocycles. The molecule has 0 aliphatic carbocycles. The summed E-state index contributed by atoms with van der Waals surface area (Å²) in [6.45, 7) is 3.85. The summed E-state index contributed by atoms with van der Waals surface area (Å²) in [7, 11) is 0.